The Morgan fingerprint density at radius 2 is 0.471 bits per heavy atom. The molecule has 6 unspecified atom stereocenters. The molecule has 8 aromatic heterocycles. The molecule has 730 valence electrons. The number of thiophene rings is 8. The quantitative estimate of drug-likeness (QED) is 0.0281. The summed E-state index contributed by atoms with van der Waals surface area (Å²) in [6, 6.07) is 51.7. The van der Waals surface area contributed by atoms with E-state index in [1.807, 2.05) is 45.3 Å². The fourth-order valence-corrected chi connectivity index (χ4v) is 31.8. The van der Waals surface area contributed by atoms with Crippen LogP contribution in [0.3, 0.4) is 0 Å². The molecule has 0 spiro atoms. The van der Waals surface area contributed by atoms with Gasteiger partial charge in [0.15, 0.2) is 0 Å². The van der Waals surface area contributed by atoms with E-state index in [9.17, 15) is 0 Å². The average Bonchev–Trinajstić information content (AvgIpc) is 1.55. The lowest BCUT2D eigenvalue weighted by atomic mass is 9.94. The van der Waals surface area contributed by atoms with Gasteiger partial charge in [-0.05, 0) is 207 Å². The number of rotatable bonds is 54. The van der Waals surface area contributed by atoms with E-state index in [1.54, 1.807) is 45.3 Å². The molecule has 0 saturated heterocycles. The Hall–Kier alpha value is -7.90. The molecule has 0 bridgehead atoms. The van der Waals surface area contributed by atoms with Crippen molar-refractivity contribution >= 4 is 199 Å². The van der Waals surface area contributed by atoms with Crippen LogP contribution in [0.1, 0.15) is 343 Å². The molecule has 8 nitrogen and oxygen atoms in total. The van der Waals surface area contributed by atoms with Gasteiger partial charge in [0.2, 0.25) is 0 Å². The maximum Gasteiger partial charge on any atom is 0.261 e. The third kappa shape index (κ3) is 21.2. The van der Waals surface area contributed by atoms with Crippen molar-refractivity contribution < 1.29 is 19.2 Å². The number of amides is 4. The zero-order valence-corrected chi connectivity index (χ0v) is 91.7. The van der Waals surface area contributed by atoms with Gasteiger partial charge in [0.05, 0.1) is 64.6 Å². The van der Waals surface area contributed by atoms with Crippen molar-refractivity contribution in [2.45, 2.75) is 328 Å². The first-order valence-electron chi connectivity index (χ1n) is 54.0. The molecule has 138 heavy (non-hydrogen) atoms. The van der Waals surface area contributed by atoms with Gasteiger partial charge in [0, 0.05) is 127 Å². The van der Waals surface area contributed by atoms with E-state index in [0.29, 0.717) is 72.1 Å². The Balaban J connectivity index is 0.814. The predicted octanol–water partition coefficient (Wildman–Crippen LogP) is 38.0. The summed E-state index contributed by atoms with van der Waals surface area (Å²) in [5.74, 6) is 2.19. The van der Waals surface area contributed by atoms with E-state index in [0.717, 1.165) is 203 Å². The minimum absolute atomic E-state index is 0.0330. The predicted molar refractivity (Wildman–Crippen MR) is 607 cm³/mol. The van der Waals surface area contributed by atoms with Crippen molar-refractivity contribution in [3.05, 3.63) is 196 Å². The van der Waals surface area contributed by atoms with Gasteiger partial charge >= 0.3 is 0 Å². The second kappa shape index (κ2) is 47.1. The standard InChI is InChI=1S/C122H150N4O4S8/c1-15-29-37-39-47-83-49-53-85(54-50-83)97-57-61-101(133-97)111-107-109(121(129)123(111)73-79(25-11)43-33-19-5)113(125(119(107)127)75-81(27-13)45-35-21-7)103-63-59-99(135-103)105-71-95-89-67-87(65-77(23-9)41-31-17-3)131-115(89)91-70-94-92(69-93(91)117(95)137-105)116-90(68-88(132-116)66-78(24-10)42-32-18-4)96-72-106(138-118(94)96)100-60-64-104(136-100)114-110-108(120(128)126(114)76-82(28-14)46-36-22-8)112(124(122(110)130)74-80(26-12)44-34-20-6)102-62-58-98(134-102)86-55-51-84(52-56-86)48-40-38-30-16-2/h49-64,67-72,77-82H,15-48,65-66,73-76H2,1-14H3. The maximum atomic E-state index is 16.3. The Morgan fingerprint density at radius 1 is 0.225 bits per heavy atom. The number of benzene rings is 5. The third-order valence-corrected chi connectivity index (χ3v) is 40.6. The molecule has 0 N–H and O–H groups in total. The number of fused-ring (bicyclic) bond motifs is 14. The normalized spacial score (nSPS) is 15.8. The smallest absolute Gasteiger partial charge is 0.261 e. The van der Waals surface area contributed by atoms with Crippen LogP contribution in [-0.2, 0) is 44.9 Å². The molecule has 0 aliphatic carbocycles. The minimum Gasteiger partial charge on any atom is -0.306 e. The van der Waals surface area contributed by atoms with Gasteiger partial charge in [-0.25, -0.2) is 0 Å². The van der Waals surface area contributed by atoms with Gasteiger partial charge in [-0.3, -0.25) is 19.2 Å². The molecule has 0 fully saturated rings. The summed E-state index contributed by atoms with van der Waals surface area (Å²) in [6.07, 6.45) is 40.5. The number of carbonyl (C=O) groups excluding carboxylic acids is 4. The van der Waals surface area contributed by atoms with Gasteiger partial charge in [-0.2, -0.15) is 0 Å². The first kappa shape index (κ1) is 102. The molecule has 5 aromatic carbocycles. The average molecular weight is 1990 g/mol. The highest BCUT2D eigenvalue weighted by atomic mass is 32.1. The number of carbonyl (C=O) groups is 4. The van der Waals surface area contributed by atoms with Gasteiger partial charge in [0.25, 0.3) is 23.6 Å². The van der Waals surface area contributed by atoms with Crippen molar-refractivity contribution in [1.82, 2.24) is 19.6 Å². The summed E-state index contributed by atoms with van der Waals surface area (Å²) in [7, 11) is 0. The fraction of sp³-hybridized carbons (Fsp3) is 0.492. The van der Waals surface area contributed by atoms with E-state index in [1.165, 1.54) is 194 Å². The SMILES string of the molecule is CCCCCCc1ccc(-c2ccc(C3=C4C(=O)N(CC(CC)CCCC)C(c5ccc(-c6cc7c8cc(CC(CC)CCCC)sc8c8cc9c(cc8c7s6)c6sc(CC(CC)CCCC)cc6c6cc(-c7ccc(C8=C%10C(=O)N(CC(CC)CCCC)C(c%11ccc(-c%12ccc(CCCCCC)cc%12)s%11)=C%10C(=O)N8CC(CC)CCCC)s7)sc69)s5)=C4C(=O)N3CC(CC)CCCC)s2)cc1. The fourth-order valence-electron chi connectivity index (χ4n) is 22.4. The number of unbranched alkanes of at least 4 members (excludes halogenated alkanes) is 12. The highest BCUT2D eigenvalue weighted by molar-refractivity contribution is 7.29. The van der Waals surface area contributed by atoms with Gasteiger partial charge in [-0.1, -0.05) is 312 Å². The maximum absolute atomic E-state index is 16.3. The molecule has 4 aliphatic heterocycles. The van der Waals surface area contributed by atoms with Crippen LogP contribution in [0.25, 0.3) is 125 Å². The molecule has 6 atom stereocenters. The lowest BCUT2D eigenvalue weighted by Gasteiger charge is -2.29. The van der Waals surface area contributed by atoms with Crippen LogP contribution in [0.5, 0.6) is 0 Å². The lowest BCUT2D eigenvalue weighted by molar-refractivity contribution is -0.124. The number of aryl methyl sites for hydroxylation is 2. The van der Waals surface area contributed by atoms with E-state index in [-0.39, 0.29) is 35.5 Å². The molecular weight excluding hydrogens is 1840 g/mol. The molecular formula is C122H150N4O4S8. The Bertz CT molecular complexity index is 6210. The largest absolute Gasteiger partial charge is 0.306 e. The van der Waals surface area contributed by atoms with Crippen molar-refractivity contribution in [3.8, 4) is 40.4 Å². The second-order valence-corrected chi connectivity index (χ2v) is 49.4. The summed E-state index contributed by atoms with van der Waals surface area (Å²) in [5.41, 5.74) is 10.6. The van der Waals surface area contributed by atoms with E-state index in [4.69, 9.17) is 0 Å². The summed E-state index contributed by atoms with van der Waals surface area (Å²) < 4.78 is 5.31. The van der Waals surface area contributed by atoms with Crippen LogP contribution in [-0.4, -0.2) is 69.4 Å². The number of hydrogen-bond donors (Lipinski definition) is 0. The molecule has 12 heterocycles. The summed E-state index contributed by atoms with van der Waals surface area (Å²) in [4.78, 5) is 87.3. The number of hydrogen-bond acceptors (Lipinski definition) is 12. The van der Waals surface area contributed by atoms with Crippen molar-refractivity contribution in [3.63, 3.8) is 0 Å². The summed E-state index contributed by atoms with van der Waals surface area (Å²) in [5, 5.41) is 10.5. The van der Waals surface area contributed by atoms with Crippen molar-refractivity contribution in [1.29, 1.82) is 0 Å². The minimum atomic E-state index is -0.0330. The Kier molecular flexibility index (Phi) is 34.7. The van der Waals surface area contributed by atoms with Crippen LogP contribution in [0.2, 0.25) is 0 Å². The van der Waals surface area contributed by atoms with Crippen LogP contribution < -0.4 is 0 Å². The van der Waals surface area contributed by atoms with Crippen molar-refractivity contribution in [2.24, 2.45) is 35.5 Å². The molecule has 16 heteroatoms. The molecule has 17 rings (SSSR count). The molecule has 0 radical (unpaired) electrons. The van der Waals surface area contributed by atoms with Crippen LogP contribution in [0, 0.1) is 35.5 Å². The second-order valence-electron chi connectivity index (χ2n) is 40.7. The van der Waals surface area contributed by atoms with Crippen LogP contribution >= 0.6 is 90.7 Å². The third-order valence-electron chi connectivity index (χ3n) is 31.1. The van der Waals surface area contributed by atoms with Crippen LogP contribution in [0.15, 0.2) is 156 Å². The highest BCUT2D eigenvalue weighted by Crippen LogP contribution is 2.58. The zero-order chi connectivity index (χ0) is 96.4. The highest BCUT2D eigenvalue weighted by Gasteiger charge is 2.52. The Morgan fingerprint density at radius 3 is 0.754 bits per heavy atom. The van der Waals surface area contributed by atoms with E-state index >= 15 is 19.2 Å². The van der Waals surface area contributed by atoms with E-state index in [2.05, 4.69) is 250 Å². The van der Waals surface area contributed by atoms with Crippen LogP contribution in [0.4, 0.5) is 0 Å². The first-order valence-corrected chi connectivity index (χ1v) is 60.6. The first-order chi connectivity index (χ1) is 67.5. The number of nitrogens with zero attached hydrogens (tertiary/aromatic N) is 4. The molecule has 4 amide bonds. The topological polar surface area (TPSA) is 81.2 Å². The van der Waals surface area contributed by atoms with E-state index < -0.39 is 0 Å². The lowest BCUT2D eigenvalue weighted by Crippen LogP contribution is -2.34. The van der Waals surface area contributed by atoms with Gasteiger partial charge in [0.1, 0.15) is 0 Å². The molecule has 4 aliphatic rings. The summed E-state index contributed by atoms with van der Waals surface area (Å²) >= 11 is 14.9. The van der Waals surface area contributed by atoms with Crippen molar-refractivity contribution in [2.75, 3.05) is 26.2 Å². The van der Waals surface area contributed by atoms with Gasteiger partial charge in [-0.15, -0.1) is 90.7 Å². The molecule has 0 saturated carbocycles. The van der Waals surface area contributed by atoms with Gasteiger partial charge < -0.3 is 19.6 Å². The molecule has 13 aromatic rings. The monoisotopic (exact) mass is 1990 g/mol. The zero-order valence-electron chi connectivity index (χ0n) is 85.1. The summed E-state index contributed by atoms with van der Waals surface area (Å²) in [6.45, 7) is 34.5. The Labute approximate surface area is 856 Å².